The number of amides is 1. The van der Waals surface area contributed by atoms with Crippen LogP contribution < -0.4 is 5.32 Å². The molecule has 0 aliphatic rings. The lowest BCUT2D eigenvalue weighted by Gasteiger charge is -2.14. The maximum atomic E-state index is 12.5. The number of imidazole rings is 1. The zero-order chi connectivity index (χ0) is 17.3. The maximum absolute atomic E-state index is 12.5. The Kier molecular flexibility index (Phi) is 4.35. The summed E-state index contributed by atoms with van der Waals surface area (Å²) in [7, 11) is 1.88. The van der Waals surface area contributed by atoms with E-state index in [2.05, 4.69) is 15.4 Å². The quantitative estimate of drug-likeness (QED) is 0.745. The Hall–Kier alpha value is -2.67. The smallest absolute Gasteiger partial charge is 0.251 e. The monoisotopic (exact) mass is 327 g/mol. The van der Waals surface area contributed by atoms with Crippen molar-refractivity contribution in [2.45, 2.75) is 26.4 Å². The third-order valence-electron chi connectivity index (χ3n) is 4.31. The Morgan fingerprint density at radius 1 is 1.42 bits per heavy atom. The highest BCUT2D eigenvalue weighted by Gasteiger charge is 2.16. The second-order valence-corrected chi connectivity index (χ2v) is 5.87. The molecule has 2 aromatic heterocycles. The van der Waals surface area contributed by atoms with Gasteiger partial charge in [0.05, 0.1) is 36.2 Å². The van der Waals surface area contributed by atoms with Gasteiger partial charge in [-0.1, -0.05) is 0 Å². The van der Waals surface area contributed by atoms with Crippen molar-refractivity contribution in [2.75, 3.05) is 6.61 Å². The largest absolute Gasteiger partial charge is 0.395 e. The normalized spacial score (nSPS) is 12.5. The summed E-state index contributed by atoms with van der Waals surface area (Å²) in [6.45, 7) is 4.45. The number of aliphatic hydroxyl groups is 1. The number of hydrogen-bond donors (Lipinski definition) is 2. The fourth-order valence-electron chi connectivity index (χ4n) is 2.79. The van der Waals surface area contributed by atoms with Crippen LogP contribution in [0.2, 0.25) is 0 Å². The summed E-state index contributed by atoms with van der Waals surface area (Å²) in [6, 6.07) is 5.26. The average Bonchev–Trinajstić information content (AvgIpc) is 3.11. The molecule has 3 aromatic rings. The number of nitrogens with one attached hydrogen (secondary N) is 1. The summed E-state index contributed by atoms with van der Waals surface area (Å²) in [6.07, 6.45) is 3.45. The van der Waals surface area contributed by atoms with E-state index < -0.39 is 0 Å². The molecule has 7 heteroatoms. The molecular weight excluding hydrogens is 306 g/mol. The average molecular weight is 327 g/mol. The molecule has 1 amide bonds. The third kappa shape index (κ3) is 2.90. The molecule has 3 rings (SSSR count). The van der Waals surface area contributed by atoms with Crippen molar-refractivity contribution in [2.24, 2.45) is 7.05 Å². The number of aryl methyl sites for hydroxylation is 1. The van der Waals surface area contributed by atoms with Crippen molar-refractivity contribution < 1.29 is 9.90 Å². The molecule has 0 spiro atoms. The van der Waals surface area contributed by atoms with E-state index in [-0.39, 0.29) is 18.6 Å². The van der Waals surface area contributed by atoms with Crippen LogP contribution in [-0.4, -0.2) is 37.0 Å². The van der Waals surface area contributed by atoms with Crippen LogP contribution in [-0.2, 0) is 13.6 Å². The van der Waals surface area contributed by atoms with E-state index in [1.165, 1.54) is 0 Å². The molecule has 0 bridgehead atoms. The lowest BCUT2D eigenvalue weighted by Crippen LogP contribution is -2.26. The van der Waals surface area contributed by atoms with Gasteiger partial charge in [-0.25, -0.2) is 4.98 Å². The Morgan fingerprint density at radius 2 is 2.21 bits per heavy atom. The van der Waals surface area contributed by atoms with Crippen LogP contribution in [0, 0.1) is 6.92 Å². The van der Waals surface area contributed by atoms with Crippen LogP contribution in [0.3, 0.4) is 0 Å². The van der Waals surface area contributed by atoms with Gasteiger partial charge in [0.15, 0.2) is 0 Å². The summed E-state index contributed by atoms with van der Waals surface area (Å²) >= 11 is 0. The van der Waals surface area contributed by atoms with Crippen LogP contribution in [0.15, 0.2) is 30.7 Å². The number of benzene rings is 1. The van der Waals surface area contributed by atoms with Gasteiger partial charge in [-0.2, -0.15) is 5.10 Å². The number of hydrogen-bond acceptors (Lipinski definition) is 4. The Labute approximate surface area is 139 Å². The van der Waals surface area contributed by atoms with Gasteiger partial charge >= 0.3 is 0 Å². The molecule has 0 aliphatic carbocycles. The van der Waals surface area contributed by atoms with Crippen molar-refractivity contribution >= 4 is 16.9 Å². The maximum Gasteiger partial charge on any atom is 0.251 e. The van der Waals surface area contributed by atoms with Crippen LogP contribution in [0.25, 0.3) is 11.0 Å². The summed E-state index contributed by atoms with van der Waals surface area (Å²) in [4.78, 5) is 16.8. The molecule has 1 atom stereocenters. The topological polar surface area (TPSA) is 85.0 Å². The number of fused-ring (bicyclic) bond motifs is 1. The van der Waals surface area contributed by atoms with Gasteiger partial charge in [-0.3, -0.25) is 9.48 Å². The summed E-state index contributed by atoms with van der Waals surface area (Å²) in [5.41, 5.74) is 4.23. The summed E-state index contributed by atoms with van der Waals surface area (Å²) in [5.74, 6) is -0.149. The first-order valence-electron chi connectivity index (χ1n) is 7.86. The Bertz CT molecular complexity index is 880. The summed E-state index contributed by atoms with van der Waals surface area (Å²) < 4.78 is 3.65. The van der Waals surface area contributed by atoms with Gasteiger partial charge in [-0.05, 0) is 32.0 Å². The van der Waals surface area contributed by atoms with Gasteiger partial charge in [0.2, 0.25) is 0 Å². The molecule has 2 N–H and O–H groups in total. The zero-order valence-electron chi connectivity index (χ0n) is 14.0. The highest BCUT2D eigenvalue weighted by Crippen LogP contribution is 2.18. The molecule has 7 nitrogen and oxygen atoms in total. The van der Waals surface area contributed by atoms with Gasteiger partial charge in [0, 0.05) is 30.4 Å². The van der Waals surface area contributed by atoms with Crippen molar-refractivity contribution in [1.29, 1.82) is 0 Å². The SMILES string of the molecule is Cc1c([C@H](C)NC(=O)c2ccc3c(c2)ncn3CCO)cnn1C. The van der Waals surface area contributed by atoms with Crippen molar-refractivity contribution in [1.82, 2.24) is 24.6 Å². The molecule has 0 radical (unpaired) electrons. The minimum atomic E-state index is -0.149. The lowest BCUT2D eigenvalue weighted by atomic mass is 10.1. The molecular formula is C17H21N5O2. The van der Waals surface area contributed by atoms with E-state index in [9.17, 15) is 4.79 Å². The molecule has 0 saturated carbocycles. The van der Waals surface area contributed by atoms with Crippen molar-refractivity contribution in [3.05, 3.63) is 47.5 Å². The van der Waals surface area contributed by atoms with E-state index in [0.717, 1.165) is 22.3 Å². The number of nitrogens with zero attached hydrogens (tertiary/aromatic N) is 4. The minimum Gasteiger partial charge on any atom is -0.395 e. The molecule has 126 valence electrons. The minimum absolute atomic E-state index is 0.0513. The van der Waals surface area contributed by atoms with Gasteiger partial charge in [0.1, 0.15) is 0 Å². The molecule has 0 fully saturated rings. The van der Waals surface area contributed by atoms with Crippen LogP contribution in [0.1, 0.15) is 34.6 Å². The first-order chi connectivity index (χ1) is 11.5. The molecule has 0 saturated heterocycles. The van der Waals surface area contributed by atoms with Crippen LogP contribution >= 0.6 is 0 Å². The fraction of sp³-hybridized carbons (Fsp3) is 0.353. The fourth-order valence-corrected chi connectivity index (χ4v) is 2.79. The van der Waals surface area contributed by atoms with Gasteiger partial charge in [0.25, 0.3) is 5.91 Å². The first kappa shape index (κ1) is 16.2. The second-order valence-electron chi connectivity index (χ2n) is 5.87. The Balaban J connectivity index is 1.79. The first-order valence-corrected chi connectivity index (χ1v) is 7.86. The van der Waals surface area contributed by atoms with E-state index in [0.29, 0.717) is 12.1 Å². The van der Waals surface area contributed by atoms with Crippen molar-refractivity contribution in [3.63, 3.8) is 0 Å². The number of rotatable bonds is 5. The summed E-state index contributed by atoms with van der Waals surface area (Å²) in [5, 5.41) is 16.3. The standard InChI is InChI=1S/C17H21N5O2/c1-11(14-9-19-21(3)12(14)2)20-17(24)13-4-5-16-15(8-13)18-10-22(16)6-7-23/h4-5,8-11,23H,6-7H2,1-3H3,(H,20,24)/t11-/m0/s1. The van der Waals surface area contributed by atoms with E-state index in [4.69, 9.17) is 5.11 Å². The number of carbonyl (C=O) groups is 1. The van der Waals surface area contributed by atoms with Crippen molar-refractivity contribution in [3.8, 4) is 0 Å². The molecule has 0 aliphatic heterocycles. The Morgan fingerprint density at radius 3 is 2.88 bits per heavy atom. The van der Waals surface area contributed by atoms with E-state index >= 15 is 0 Å². The van der Waals surface area contributed by atoms with E-state index in [1.54, 1.807) is 29.3 Å². The van der Waals surface area contributed by atoms with Gasteiger partial charge < -0.3 is 15.0 Å². The highest BCUT2D eigenvalue weighted by molar-refractivity contribution is 5.97. The van der Waals surface area contributed by atoms with E-state index in [1.807, 2.05) is 31.5 Å². The second kappa shape index (κ2) is 6.45. The lowest BCUT2D eigenvalue weighted by molar-refractivity contribution is 0.0940. The van der Waals surface area contributed by atoms with Gasteiger partial charge in [-0.15, -0.1) is 0 Å². The third-order valence-corrected chi connectivity index (χ3v) is 4.31. The van der Waals surface area contributed by atoms with Crippen LogP contribution in [0.5, 0.6) is 0 Å². The predicted octanol–water partition coefficient (Wildman–Crippen LogP) is 1.56. The van der Waals surface area contributed by atoms with Crippen LogP contribution in [0.4, 0.5) is 0 Å². The number of carbonyl (C=O) groups excluding carboxylic acids is 1. The zero-order valence-corrected chi connectivity index (χ0v) is 14.0. The highest BCUT2D eigenvalue weighted by atomic mass is 16.3. The molecule has 0 unspecified atom stereocenters. The molecule has 1 aromatic carbocycles. The number of aromatic nitrogens is 4. The molecule has 24 heavy (non-hydrogen) atoms. The predicted molar refractivity (Wildman–Crippen MR) is 90.6 cm³/mol. The molecule has 2 heterocycles. The number of aliphatic hydroxyl groups excluding tert-OH is 1.